The highest BCUT2D eigenvalue weighted by Crippen LogP contribution is 2.27. The summed E-state index contributed by atoms with van der Waals surface area (Å²) >= 11 is 0. The van der Waals surface area contributed by atoms with Crippen molar-refractivity contribution in [2.75, 3.05) is 36.5 Å². The second kappa shape index (κ2) is 7.96. The summed E-state index contributed by atoms with van der Waals surface area (Å²) in [6.45, 7) is 3.69. The maximum Gasteiger partial charge on any atom is 0.270 e. The van der Waals surface area contributed by atoms with Crippen molar-refractivity contribution >= 4 is 28.8 Å². The van der Waals surface area contributed by atoms with Crippen LogP contribution in [0.25, 0.3) is 0 Å². The zero-order valence-electron chi connectivity index (χ0n) is 14.8. The molecule has 0 unspecified atom stereocenters. The lowest BCUT2D eigenvalue weighted by Crippen LogP contribution is -2.37. The van der Waals surface area contributed by atoms with Gasteiger partial charge in [-0.15, -0.1) is 0 Å². The number of benzene rings is 2. The monoisotopic (exact) mass is 369 g/mol. The lowest BCUT2D eigenvalue weighted by atomic mass is 10.1. The normalized spacial score (nSPS) is 13.9. The molecule has 140 valence electrons. The van der Waals surface area contributed by atoms with E-state index in [-0.39, 0.29) is 17.0 Å². The average molecular weight is 369 g/mol. The molecule has 0 radical (unpaired) electrons. The molecule has 0 bridgehead atoms. The molecule has 8 heteroatoms. The first kappa shape index (κ1) is 18.5. The molecule has 1 aliphatic rings. The molecule has 0 aliphatic carbocycles. The first-order chi connectivity index (χ1) is 13.0. The number of ketones is 1. The van der Waals surface area contributed by atoms with Crippen LogP contribution in [0, 0.1) is 10.1 Å². The fourth-order valence-corrected chi connectivity index (χ4v) is 2.91. The van der Waals surface area contributed by atoms with Crippen molar-refractivity contribution in [3.63, 3.8) is 0 Å². The minimum Gasteiger partial charge on any atom is -0.378 e. The minimum absolute atomic E-state index is 0.115. The summed E-state index contributed by atoms with van der Waals surface area (Å²) < 4.78 is 5.33. The molecule has 1 heterocycles. The Morgan fingerprint density at radius 2 is 1.89 bits per heavy atom. The van der Waals surface area contributed by atoms with Crippen LogP contribution in [-0.4, -0.2) is 42.9 Å². The molecular weight excluding hydrogens is 350 g/mol. The van der Waals surface area contributed by atoms with Crippen LogP contribution in [0.3, 0.4) is 0 Å². The number of nitro benzene ring substituents is 1. The number of amides is 1. The molecule has 0 aromatic heterocycles. The number of ether oxygens (including phenoxy) is 1. The van der Waals surface area contributed by atoms with E-state index in [2.05, 4.69) is 5.32 Å². The van der Waals surface area contributed by atoms with Gasteiger partial charge in [-0.3, -0.25) is 19.7 Å². The van der Waals surface area contributed by atoms with E-state index in [9.17, 15) is 19.7 Å². The number of nitrogens with zero attached hydrogens (tertiary/aromatic N) is 2. The number of hydrogen-bond donors (Lipinski definition) is 1. The fraction of sp³-hybridized carbons (Fsp3) is 0.263. The van der Waals surface area contributed by atoms with Gasteiger partial charge in [0.25, 0.3) is 11.6 Å². The molecule has 8 nitrogen and oxygen atoms in total. The van der Waals surface area contributed by atoms with Crippen LogP contribution in [0.5, 0.6) is 0 Å². The largest absolute Gasteiger partial charge is 0.378 e. The predicted octanol–water partition coefficient (Wildman–Crippen LogP) is 2.89. The van der Waals surface area contributed by atoms with Gasteiger partial charge >= 0.3 is 0 Å². The number of anilines is 2. The number of carbonyl (C=O) groups excluding carboxylic acids is 2. The van der Waals surface area contributed by atoms with Crippen LogP contribution in [0.2, 0.25) is 0 Å². The molecular formula is C19H19N3O5. The molecule has 2 aromatic rings. The van der Waals surface area contributed by atoms with Crippen LogP contribution in [-0.2, 0) is 4.74 Å². The molecule has 0 spiro atoms. The molecule has 0 atom stereocenters. The molecule has 1 aliphatic heterocycles. The van der Waals surface area contributed by atoms with Crippen molar-refractivity contribution < 1.29 is 19.2 Å². The fourth-order valence-electron chi connectivity index (χ4n) is 2.91. The summed E-state index contributed by atoms with van der Waals surface area (Å²) in [6, 6.07) is 10.8. The first-order valence-electron chi connectivity index (χ1n) is 8.49. The van der Waals surface area contributed by atoms with Gasteiger partial charge in [0.1, 0.15) is 0 Å². The average Bonchev–Trinajstić information content (AvgIpc) is 2.68. The van der Waals surface area contributed by atoms with Crippen molar-refractivity contribution in [3.8, 4) is 0 Å². The molecule has 0 saturated carbocycles. The Bertz CT molecular complexity index is 891. The number of nitrogens with one attached hydrogen (secondary N) is 1. The molecule has 2 aromatic carbocycles. The number of Topliss-reactive ketones (excluding diaryl/α,β-unsaturated/α-hetero) is 1. The van der Waals surface area contributed by atoms with Crippen molar-refractivity contribution in [1.82, 2.24) is 0 Å². The van der Waals surface area contributed by atoms with Crippen molar-refractivity contribution in [2.45, 2.75) is 6.92 Å². The van der Waals surface area contributed by atoms with Gasteiger partial charge in [-0.05, 0) is 25.1 Å². The number of rotatable bonds is 5. The van der Waals surface area contributed by atoms with Gasteiger partial charge < -0.3 is 15.0 Å². The third-order valence-corrected chi connectivity index (χ3v) is 4.31. The zero-order valence-corrected chi connectivity index (χ0v) is 14.8. The van der Waals surface area contributed by atoms with E-state index in [4.69, 9.17) is 4.74 Å². The van der Waals surface area contributed by atoms with E-state index >= 15 is 0 Å². The van der Waals surface area contributed by atoms with Gasteiger partial charge in [-0.25, -0.2) is 0 Å². The Morgan fingerprint density at radius 3 is 2.56 bits per heavy atom. The van der Waals surface area contributed by atoms with Crippen LogP contribution >= 0.6 is 0 Å². The van der Waals surface area contributed by atoms with Crippen molar-refractivity contribution in [2.24, 2.45) is 0 Å². The van der Waals surface area contributed by atoms with Gasteiger partial charge in [0, 0.05) is 36.5 Å². The Labute approximate surface area is 155 Å². The number of carbonyl (C=O) groups is 2. The topological polar surface area (TPSA) is 102 Å². The summed E-state index contributed by atoms with van der Waals surface area (Å²) in [5.41, 5.74) is 1.59. The van der Waals surface area contributed by atoms with Crippen LogP contribution < -0.4 is 10.2 Å². The van der Waals surface area contributed by atoms with Gasteiger partial charge in [0.2, 0.25) is 0 Å². The Kier molecular flexibility index (Phi) is 5.46. The van der Waals surface area contributed by atoms with E-state index in [0.717, 1.165) is 0 Å². The molecule has 1 amide bonds. The highest BCUT2D eigenvalue weighted by molar-refractivity contribution is 6.09. The van der Waals surface area contributed by atoms with Gasteiger partial charge in [0.15, 0.2) is 5.78 Å². The lowest BCUT2D eigenvalue weighted by molar-refractivity contribution is -0.384. The standard InChI is InChI=1S/C19H19N3O5/c1-13(23)14-3-2-4-15(11-14)20-19(24)17-12-16(22(25)26)5-6-18(17)21-7-9-27-10-8-21/h2-6,11-12H,7-10H2,1H3,(H,20,24). The van der Waals surface area contributed by atoms with E-state index in [0.29, 0.717) is 43.2 Å². The first-order valence-corrected chi connectivity index (χ1v) is 8.49. The second-order valence-electron chi connectivity index (χ2n) is 6.15. The molecule has 27 heavy (non-hydrogen) atoms. The predicted molar refractivity (Wildman–Crippen MR) is 101 cm³/mol. The summed E-state index contributed by atoms with van der Waals surface area (Å²) in [4.78, 5) is 37.0. The van der Waals surface area contributed by atoms with Crippen LogP contribution in [0.4, 0.5) is 17.1 Å². The number of morpholine rings is 1. The smallest absolute Gasteiger partial charge is 0.270 e. The number of nitro groups is 1. The highest BCUT2D eigenvalue weighted by Gasteiger charge is 2.22. The number of non-ortho nitro benzene ring substituents is 1. The minimum atomic E-state index is -0.532. The van der Waals surface area contributed by atoms with Gasteiger partial charge in [-0.1, -0.05) is 12.1 Å². The third-order valence-electron chi connectivity index (χ3n) is 4.31. The van der Waals surface area contributed by atoms with Gasteiger partial charge in [0.05, 0.1) is 29.4 Å². The highest BCUT2D eigenvalue weighted by atomic mass is 16.6. The summed E-state index contributed by atoms with van der Waals surface area (Å²) in [6.07, 6.45) is 0. The van der Waals surface area contributed by atoms with Crippen molar-refractivity contribution in [3.05, 3.63) is 63.7 Å². The van der Waals surface area contributed by atoms with Crippen molar-refractivity contribution in [1.29, 1.82) is 0 Å². The molecule has 1 saturated heterocycles. The summed E-state index contributed by atoms with van der Waals surface area (Å²) in [5.74, 6) is -0.587. The molecule has 3 rings (SSSR count). The van der Waals surface area contributed by atoms with Crippen LogP contribution in [0.15, 0.2) is 42.5 Å². The lowest BCUT2D eigenvalue weighted by Gasteiger charge is -2.30. The van der Waals surface area contributed by atoms with E-state index in [1.54, 1.807) is 30.3 Å². The molecule has 1 fully saturated rings. The van der Waals surface area contributed by atoms with E-state index < -0.39 is 10.8 Å². The quantitative estimate of drug-likeness (QED) is 0.494. The zero-order chi connectivity index (χ0) is 19.4. The molecule has 1 N–H and O–H groups in total. The summed E-state index contributed by atoms with van der Waals surface area (Å²) in [7, 11) is 0. The third kappa shape index (κ3) is 4.29. The summed E-state index contributed by atoms with van der Waals surface area (Å²) in [5, 5.41) is 13.9. The SMILES string of the molecule is CC(=O)c1cccc(NC(=O)c2cc([N+](=O)[O-])ccc2N2CCOCC2)c1. The Morgan fingerprint density at radius 1 is 1.15 bits per heavy atom. The Balaban J connectivity index is 1.93. The maximum absolute atomic E-state index is 12.9. The Hall–Kier alpha value is -3.26. The number of hydrogen-bond acceptors (Lipinski definition) is 6. The van der Waals surface area contributed by atoms with E-state index in [1.165, 1.54) is 19.1 Å². The second-order valence-corrected chi connectivity index (χ2v) is 6.15. The maximum atomic E-state index is 12.9. The van der Waals surface area contributed by atoms with Crippen LogP contribution in [0.1, 0.15) is 27.6 Å². The van der Waals surface area contributed by atoms with E-state index in [1.807, 2.05) is 4.90 Å². The van der Waals surface area contributed by atoms with Gasteiger partial charge in [-0.2, -0.15) is 0 Å².